The fourth-order valence-electron chi connectivity index (χ4n) is 1.46. The first-order valence-electron chi connectivity index (χ1n) is 5.31. The van der Waals surface area contributed by atoms with Crippen LogP contribution in [0.15, 0.2) is 34.2 Å². The lowest BCUT2D eigenvalue weighted by atomic mass is 10.1. The van der Waals surface area contributed by atoms with E-state index in [1.165, 1.54) is 16.0 Å². The van der Waals surface area contributed by atoms with Gasteiger partial charge in [0.05, 0.1) is 0 Å². The first-order valence-corrected chi connectivity index (χ1v) is 6.50. The van der Waals surface area contributed by atoms with Crippen molar-refractivity contribution in [2.24, 2.45) is 0 Å². The minimum atomic E-state index is 0.490. The molecule has 0 saturated carbocycles. The van der Waals surface area contributed by atoms with Gasteiger partial charge in [0, 0.05) is 11.0 Å². The highest BCUT2D eigenvalue weighted by Crippen LogP contribution is 2.28. The molecule has 0 radical (unpaired) electrons. The average molecular weight is 265 g/mol. The van der Waals surface area contributed by atoms with E-state index in [1.807, 2.05) is 6.92 Å². The first kappa shape index (κ1) is 12.4. The Balaban J connectivity index is 2.28. The van der Waals surface area contributed by atoms with E-state index < -0.39 is 0 Å². The van der Waals surface area contributed by atoms with Gasteiger partial charge in [0.2, 0.25) is 0 Å². The van der Waals surface area contributed by atoms with Gasteiger partial charge in [-0.2, -0.15) is 0 Å². The third-order valence-corrected chi connectivity index (χ3v) is 3.59. The van der Waals surface area contributed by atoms with Gasteiger partial charge < -0.3 is 0 Å². The molecule has 0 N–H and O–H groups in total. The Bertz CT molecular complexity index is 535. The predicted octanol–water partition coefficient (Wildman–Crippen LogP) is 4.21. The molecule has 0 amide bonds. The molecule has 0 fully saturated rings. The maximum Gasteiger partial charge on any atom is 0.133 e. The second-order valence-electron chi connectivity index (χ2n) is 3.92. The molecule has 0 spiro atoms. The third kappa shape index (κ3) is 3.20. The Kier molecular flexibility index (Phi) is 3.69. The molecule has 88 valence electrons. The van der Waals surface area contributed by atoms with Crippen LogP contribution in [0.3, 0.4) is 0 Å². The number of aryl methyl sites for hydroxylation is 3. The number of hydrogen-bond donors (Lipinski definition) is 0. The van der Waals surface area contributed by atoms with Crippen LogP contribution < -0.4 is 0 Å². The average Bonchev–Trinajstić information content (AvgIpc) is 2.22. The standard InChI is InChI=1S/C13H13ClN2S/c1-8-4-5-11(6-9(8)2)17-13-7-12(14)15-10(3)16-13/h4-7H,1-3H3. The topological polar surface area (TPSA) is 25.8 Å². The normalized spacial score (nSPS) is 10.6. The van der Waals surface area contributed by atoms with Crippen LogP contribution in [-0.2, 0) is 0 Å². The van der Waals surface area contributed by atoms with Crippen LogP contribution in [0.25, 0.3) is 0 Å². The maximum absolute atomic E-state index is 5.91. The molecule has 2 rings (SSSR count). The second-order valence-corrected chi connectivity index (χ2v) is 5.41. The van der Waals surface area contributed by atoms with Gasteiger partial charge >= 0.3 is 0 Å². The fraction of sp³-hybridized carbons (Fsp3) is 0.231. The molecule has 0 unspecified atom stereocenters. The van der Waals surface area contributed by atoms with E-state index in [0.29, 0.717) is 11.0 Å². The lowest BCUT2D eigenvalue weighted by Gasteiger charge is -2.05. The number of benzene rings is 1. The van der Waals surface area contributed by atoms with E-state index >= 15 is 0 Å². The van der Waals surface area contributed by atoms with Gasteiger partial charge in [0.25, 0.3) is 0 Å². The van der Waals surface area contributed by atoms with Gasteiger partial charge in [-0.25, -0.2) is 9.97 Å². The molecule has 0 atom stereocenters. The second kappa shape index (κ2) is 5.07. The molecule has 4 heteroatoms. The van der Waals surface area contributed by atoms with Crippen molar-refractivity contribution in [3.63, 3.8) is 0 Å². The van der Waals surface area contributed by atoms with Crippen molar-refractivity contribution in [2.45, 2.75) is 30.7 Å². The smallest absolute Gasteiger partial charge is 0.133 e. The van der Waals surface area contributed by atoms with Crippen LogP contribution in [0.5, 0.6) is 0 Å². The highest BCUT2D eigenvalue weighted by molar-refractivity contribution is 7.99. The minimum Gasteiger partial charge on any atom is -0.226 e. The summed E-state index contributed by atoms with van der Waals surface area (Å²) in [4.78, 5) is 9.57. The molecule has 2 nitrogen and oxygen atoms in total. The summed E-state index contributed by atoms with van der Waals surface area (Å²) < 4.78 is 0. The van der Waals surface area contributed by atoms with Crippen molar-refractivity contribution in [1.29, 1.82) is 0 Å². The van der Waals surface area contributed by atoms with Crippen LogP contribution in [-0.4, -0.2) is 9.97 Å². The molecule has 0 aliphatic heterocycles. The first-order chi connectivity index (χ1) is 8.04. The molecule has 1 aromatic heterocycles. The Hall–Kier alpha value is -1.06. The van der Waals surface area contributed by atoms with E-state index in [-0.39, 0.29) is 0 Å². The van der Waals surface area contributed by atoms with Crippen LogP contribution in [0.1, 0.15) is 17.0 Å². The van der Waals surface area contributed by atoms with E-state index in [0.717, 1.165) is 5.03 Å². The van der Waals surface area contributed by atoms with Crippen molar-refractivity contribution in [3.05, 3.63) is 46.4 Å². The maximum atomic E-state index is 5.91. The molecule has 0 aliphatic rings. The number of aromatic nitrogens is 2. The monoisotopic (exact) mass is 264 g/mol. The number of rotatable bonds is 2. The number of halogens is 1. The molecule has 0 bridgehead atoms. The Morgan fingerprint density at radius 3 is 2.41 bits per heavy atom. The third-order valence-electron chi connectivity index (χ3n) is 2.48. The molecule has 0 saturated heterocycles. The molecule has 17 heavy (non-hydrogen) atoms. The van der Waals surface area contributed by atoms with Crippen molar-refractivity contribution in [1.82, 2.24) is 9.97 Å². The number of hydrogen-bond acceptors (Lipinski definition) is 3. The van der Waals surface area contributed by atoms with Gasteiger partial charge in [-0.15, -0.1) is 0 Å². The van der Waals surface area contributed by atoms with Gasteiger partial charge in [-0.05, 0) is 44.0 Å². The van der Waals surface area contributed by atoms with Gasteiger partial charge in [-0.1, -0.05) is 29.4 Å². The highest BCUT2D eigenvalue weighted by Gasteiger charge is 2.03. The molecule has 1 aromatic carbocycles. The lowest BCUT2D eigenvalue weighted by Crippen LogP contribution is -1.90. The Morgan fingerprint density at radius 1 is 1.00 bits per heavy atom. The molecular formula is C13H13ClN2S. The Morgan fingerprint density at radius 2 is 1.76 bits per heavy atom. The van der Waals surface area contributed by atoms with Crippen molar-refractivity contribution < 1.29 is 0 Å². The summed E-state index contributed by atoms with van der Waals surface area (Å²) in [5.41, 5.74) is 2.58. The summed E-state index contributed by atoms with van der Waals surface area (Å²) in [6, 6.07) is 8.16. The summed E-state index contributed by atoms with van der Waals surface area (Å²) in [5.74, 6) is 0.698. The molecular weight excluding hydrogens is 252 g/mol. The number of nitrogens with zero attached hydrogens (tertiary/aromatic N) is 2. The summed E-state index contributed by atoms with van der Waals surface area (Å²) in [7, 11) is 0. The van der Waals surface area contributed by atoms with Gasteiger partial charge in [0.1, 0.15) is 16.0 Å². The van der Waals surface area contributed by atoms with Crippen molar-refractivity contribution in [2.75, 3.05) is 0 Å². The van der Waals surface area contributed by atoms with Crippen LogP contribution in [0.2, 0.25) is 5.15 Å². The van der Waals surface area contributed by atoms with Crippen LogP contribution in [0, 0.1) is 20.8 Å². The Labute approximate surface area is 110 Å². The summed E-state index contributed by atoms with van der Waals surface area (Å²) >= 11 is 7.51. The van der Waals surface area contributed by atoms with Crippen LogP contribution in [0.4, 0.5) is 0 Å². The molecule has 2 aromatic rings. The summed E-state index contributed by atoms with van der Waals surface area (Å²) in [6.07, 6.45) is 0. The predicted molar refractivity (Wildman–Crippen MR) is 71.8 cm³/mol. The highest BCUT2D eigenvalue weighted by atomic mass is 35.5. The van der Waals surface area contributed by atoms with Gasteiger partial charge in [-0.3, -0.25) is 0 Å². The molecule has 0 aliphatic carbocycles. The van der Waals surface area contributed by atoms with Crippen molar-refractivity contribution in [3.8, 4) is 0 Å². The van der Waals surface area contributed by atoms with E-state index in [9.17, 15) is 0 Å². The SMILES string of the molecule is Cc1nc(Cl)cc(Sc2ccc(C)c(C)c2)n1. The summed E-state index contributed by atoms with van der Waals surface area (Å²) in [5, 5.41) is 1.37. The minimum absolute atomic E-state index is 0.490. The molecule has 1 heterocycles. The van der Waals surface area contributed by atoms with E-state index in [4.69, 9.17) is 11.6 Å². The van der Waals surface area contributed by atoms with E-state index in [1.54, 1.807) is 17.8 Å². The lowest BCUT2D eigenvalue weighted by molar-refractivity contribution is 0.968. The van der Waals surface area contributed by atoms with Crippen molar-refractivity contribution >= 4 is 23.4 Å². The quantitative estimate of drug-likeness (QED) is 0.760. The van der Waals surface area contributed by atoms with Gasteiger partial charge in [0.15, 0.2) is 0 Å². The zero-order valence-corrected chi connectivity index (χ0v) is 11.6. The largest absolute Gasteiger partial charge is 0.226 e. The zero-order chi connectivity index (χ0) is 12.4. The zero-order valence-electron chi connectivity index (χ0n) is 9.99. The summed E-state index contributed by atoms with van der Waals surface area (Å²) in [6.45, 7) is 6.06. The van der Waals surface area contributed by atoms with Crippen LogP contribution >= 0.6 is 23.4 Å². The van der Waals surface area contributed by atoms with E-state index in [2.05, 4.69) is 42.0 Å². The fourth-order valence-corrected chi connectivity index (χ4v) is 2.71.